The molecule has 8 nitrogen and oxygen atoms in total. The van der Waals surface area contributed by atoms with Crippen LogP contribution in [-0.2, 0) is 6.54 Å². The topological polar surface area (TPSA) is 99.3 Å². The molecule has 0 amide bonds. The number of nitrogens with zero attached hydrogens (tertiary/aromatic N) is 5. The summed E-state index contributed by atoms with van der Waals surface area (Å²) in [5.74, 6) is 0.704. The van der Waals surface area contributed by atoms with E-state index in [1.54, 1.807) is 49.3 Å². The molecule has 0 saturated carbocycles. The van der Waals surface area contributed by atoms with Crippen LogP contribution >= 0.6 is 0 Å². The van der Waals surface area contributed by atoms with Crippen LogP contribution in [0.1, 0.15) is 33.1 Å². The minimum atomic E-state index is -0.936. The minimum Gasteiger partial charge on any atom is -0.507 e. The monoisotopic (exact) mass is 466 g/mol. The number of anilines is 1. The number of phenols is 1. The van der Waals surface area contributed by atoms with Gasteiger partial charge in [-0.05, 0) is 50.8 Å². The van der Waals surface area contributed by atoms with Crippen molar-refractivity contribution in [1.82, 2.24) is 25.1 Å². The molecule has 0 unspecified atom stereocenters. The van der Waals surface area contributed by atoms with Crippen molar-refractivity contribution in [3.63, 3.8) is 0 Å². The van der Waals surface area contributed by atoms with Gasteiger partial charge in [0.1, 0.15) is 17.7 Å². The number of nitrogens with one attached hydrogen (secondary N) is 1. The van der Waals surface area contributed by atoms with Gasteiger partial charge in [-0.1, -0.05) is 6.07 Å². The zero-order valence-electron chi connectivity index (χ0n) is 19.7. The third-order valence-electron chi connectivity index (χ3n) is 6.84. The van der Waals surface area contributed by atoms with Crippen molar-refractivity contribution in [2.45, 2.75) is 69.6 Å². The van der Waals surface area contributed by atoms with Crippen LogP contribution in [0.25, 0.3) is 22.4 Å². The number of hydrogen-bond donors (Lipinski definition) is 3. The highest BCUT2D eigenvalue weighted by Crippen LogP contribution is 2.35. The molecule has 0 spiro atoms. The third-order valence-corrected chi connectivity index (χ3v) is 6.84. The van der Waals surface area contributed by atoms with Crippen LogP contribution < -0.4 is 10.2 Å². The number of piperidine rings is 1. The van der Waals surface area contributed by atoms with Crippen molar-refractivity contribution in [3.05, 3.63) is 43.0 Å². The number of rotatable bonds is 6. The zero-order chi connectivity index (χ0) is 24.0. The van der Waals surface area contributed by atoms with Gasteiger partial charge < -0.3 is 20.4 Å². The van der Waals surface area contributed by atoms with Gasteiger partial charge in [-0.15, -0.1) is 0 Å². The van der Waals surface area contributed by atoms with Gasteiger partial charge in [0.15, 0.2) is 0 Å². The van der Waals surface area contributed by atoms with Gasteiger partial charge in [-0.3, -0.25) is 9.67 Å². The lowest BCUT2D eigenvalue weighted by atomic mass is 9.96. The molecule has 2 fully saturated rings. The van der Waals surface area contributed by atoms with Crippen molar-refractivity contribution >= 4 is 5.82 Å². The number of hydrogen-bond acceptors (Lipinski definition) is 7. The Bertz CT molecular complexity index is 1160. The molecule has 2 aliphatic rings. The zero-order valence-corrected chi connectivity index (χ0v) is 19.7. The lowest BCUT2D eigenvalue weighted by Gasteiger charge is -2.38. The number of aliphatic hydroxyl groups is 1. The Morgan fingerprint density at radius 2 is 2.00 bits per heavy atom. The molecule has 2 aromatic heterocycles. The predicted molar refractivity (Wildman–Crippen MR) is 128 cm³/mol. The molecule has 180 valence electrons. The van der Waals surface area contributed by atoms with Gasteiger partial charge in [0.25, 0.3) is 0 Å². The maximum atomic E-state index is 14.9. The summed E-state index contributed by atoms with van der Waals surface area (Å²) >= 11 is 0. The molecule has 2 aliphatic heterocycles. The van der Waals surface area contributed by atoms with Gasteiger partial charge in [0, 0.05) is 36.5 Å². The Hall–Kier alpha value is -3.04. The van der Waals surface area contributed by atoms with E-state index < -0.39 is 11.8 Å². The first-order valence-corrected chi connectivity index (χ1v) is 11.7. The summed E-state index contributed by atoms with van der Waals surface area (Å²) in [4.78, 5) is 10.9. The highest BCUT2D eigenvalue weighted by molar-refractivity contribution is 5.73. The first-order valence-electron chi connectivity index (χ1n) is 11.7. The predicted octanol–water partition coefficient (Wildman–Crippen LogP) is 3.15. The fraction of sp³-hybridized carbons (Fsp3) is 0.480. The Balaban J connectivity index is 1.32. The third kappa shape index (κ3) is 4.50. The Labute approximate surface area is 198 Å². The summed E-state index contributed by atoms with van der Waals surface area (Å²) in [6.45, 7) is 3.82. The summed E-state index contributed by atoms with van der Waals surface area (Å²) in [6, 6.07) is 5.43. The van der Waals surface area contributed by atoms with Gasteiger partial charge in [0.05, 0.1) is 42.5 Å². The molecular formula is C25H31FN6O2. The summed E-state index contributed by atoms with van der Waals surface area (Å²) in [6.07, 6.45) is 8.52. The molecule has 34 heavy (non-hydrogen) atoms. The Morgan fingerprint density at radius 3 is 2.71 bits per heavy atom. The molecule has 1 aromatic carbocycles. The number of aromatic nitrogens is 4. The minimum absolute atomic E-state index is 0.0730. The normalized spacial score (nSPS) is 24.4. The summed E-state index contributed by atoms with van der Waals surface area (Å²) < 4.78 is 16.6. The van der Waals surface area contributed by atoms with Crippen LogP contribution in [0.4, 0.5) is 10.2 Å². The van der Waals surface area contributed by atoms with E-state index in [9.17, 15) is 14.6 Å². The fourth-order valence-corrected chi connectivity index (χ4v) is 5.08. The number of phenolic OH excluding ortho intramolecular Hbond substituents is 1. The van der Waals surface area contributed by atoms with Gasteiger partial charge in [-0.2, -0.15) is 5.10 Å². The van der Waals surface area contributed by atoms with Crippen LogP contribution in [0.2, 0.25) is 0 Å². The van der Waals surface area contributed by atoms with Crippen molar-refractivity contribution in [2.24, 2.45) is 0 Å². The van der Waals surface area contributed by atoms with E-state index in [1.807, 2.05) is 24.2 Å². The number of benzene rings is 1. The molecular weight excluding hydrogens is 435 g/mol. The second-order valence-electron chi connectivity index (χ2n) is 10.1. The SMILES string of the molecule is CN(c1cnc(-c2ccc(-c3cnn(CC(C)(C)O)c3)cc2O)cn1)[C@@H]1C[C@H]2CC[C@H](N2)[C@@H]1F. The summed E-state index contributed by atoms with van der Waals surface area (Å²) in [5, 5.41) is 28.3. The van der Waals surface area contributed by atoms with E-state index >= 15 is 0 Å². The van der Waals surface area contributed by atoms with Crippen LogP contribution in [0, 0.1) is 0 Å². The molecule has 4 heterocycles. The molecule has 3 N–H and O–H groups in total. The highest BCUT2D eigenvalue weighted by Gasteiger charge is 2.43. The average molecular weight is 467 g/mol. The second-order valence-corrected chi connectivity index (χ2v) is 10.1. The Morgan fingerprint density at radius 1 is 1.18 bits per heavy atom. The van der Waals surface area contributed by atoms with Crippen molar-refractivity contribution in [2.75, 3.05) is 11.9 Å². The van der Waals surface area contributed by atoms with Crippen molar-refractivity contribution < 1.29 is 14.6 Å². The maximum absolute atomic E-state index is 14.9. The quantitative estimate of drug-likeness (QED) is 0.513. The lowest BCUT2D eigenvalue weighted by Crippen LogP contribution is -2.55. The number of fused-ring (bicyclic) bond motifs is 2. The second kappa shape index (κ2) is 8.63. The van der Waals surface area contributed by atoms with Crippen LogP contribution in [0.15, 0.2) is 43.0 Å². The molecule has 5 rings (SSSR count). The van der Waals surface area contributed by atoms with Crippen LogP contribution in [0.3, 0.4) is 0 Å². The average Bonchev–Trinajstić information content (AvgIpc) is 3.42. The number of halogens is 1. The standard InChI is InChI=1S/C25H31FN6O2/c1-25(2,34)14-32-13-16(10-29-32)15-4-6-18(22(33)8-15)20-11-28-23(12-27-20)31(3)21-9-17-5-7-19(30-17)24(21)26/h4,6,8,10-13,17,19,21,24,30,33-34H,5,7,9,14H2,1-3H3/t17-,19+,21-,24+/m1/s1. The smallest absolute Gasteiger partial charge is 0.147 e. The molecule has 0 aliphatic carbocycles. The van der Waals surface area contributed by atoms with Gasteiger partial charge >= 0.3 is 0 Å². The summed E-state index contributed by atoms with van der Waals surface area (Å²) in [5.41, 5.74) is 1.89. The first-order chi connectivity index (χ1) is 16.2. The van der Waals surface area contributed by atoms with Gasteiger partial charge in [0.2, 0.25) is 0 Å². The molecule has 0 radical (unpaired) electrons. The van der Waals surface area contributed by atoms with E-state index in [0.29, 0.717) is 29.7 Å². The number of alkyl halides is 1. The Kier molecular flexibility index (Phi) is 5.77. The van der Waals surface area contributed by atoms with E-state index in [1.165, 1.54) is 0 Å². The van der Waals surface area contributed by atoms with E-state index in [4.69, 9.17) is 0 Å². The van der Waals surface area contributed by atoms with Gasteiger partial charge in [-0.25, -0.2) is 9.37 Å². The van der Waals surface area contributed by atoms with E-state index in [2.05, 4.69) is 20.4 Å². The van der Waals surface area contributed by atoms with Crippen LogP contribution in [-0.4, -0.2) is 66.9 Å². The molecule has 2 saturated heterocycles. The van der Waals surface area contributed by atoms with Crippen molar-refractivity contribution in [3.8, 4) is 28.1 Å². The fourth-order valence-electron chi connectivity index (χ4n) is 5.08. The molecule has 4 atom stereocenters. The van der Waals surface area contributed by atoms with Crippen LogP contribution in [0.5, 0.6) is 5.75 Å². The van der Waals surface area contributed by atoms with Crippen molar-refractivity contribution in [1.29, 1.82) is 0 Å². The highest BCUT2D eigenvalue weighted by atomic mass is 19.1. The summed E-state index contributed by atoms with van der Waals surface area (Å²) in [7, 11) is 1.87. The first kappa shape index (κ1) is 22.7. The maximum Gasteiger partial charge on any atom is 0.147 e. The van der Waals surface area contributed by atoms with E-state index in [-0.39, 0.29) is 17.8 Å². The molecule has 9 heteroatoms. The molecule has 2 bridgehead atoms. The lowest BCUT2D eigenvalue weighted by molar-refractivity contribution is 0.0577. The van der Waals surface area contributed by atoms with E-state index in [0.717, 1.165) is 30.4 Å². The largest absolute Gasteiger partial charge is 0.507 e. The molecule has 3 aromatic rings. The number of aromatic hydroxyl groups is 1.